The predicted molar refractivity (Wildman–Crippen MR) is 184 cm³/mol. The molecule has 1 aliphatic heterocycles. The van der Waals surface area contributed by atoms with Crippen LogP contribution in [0, 0.1) is 5.92 Å². The number of likely N-dealkylation sites (tertiary alicyclic amines) is 1. The van der Waals surface area contributed by atoms with Crippen molar-refractivity contribution in [1.29, 1.82) is 0 Å². The smallest absolute Gasteiger partial charge is 0.272 e. The minimum absolute atomic E-state index is 0.00483. The van der Waals surface area contributed by atoms with Gasteiger partial charge in [0.2, 0.25) is 17.7 Å². The van der Waals surface area contributed by atoms with E-state index >= 15 is 0 Å². The molecular weight excluding hydrogens is 640 g/mol. The van der Waals surface area contributed by atoms with Crippen LogP contribution in [0.5, 0.6) is 0 Å². The van der Waals surface area contributed by atoms with Crippen molar-refractivity contribution in [2.75, 3.05) is 6.54 Å². The molecule has 0 spiro atoms. The highest BCUT2D eigenvalue weighted by Crippen LogP contribution is 2.25. The van der Waals surface area contributed by atoms with Gasteiger partial charge in [0.1, 0.15) is 30.1 Å². The fraction of sp³-hybridized carbons (Fsp3) is 0.432. The van der Waals surface area contributed by atoms with Gasteiger partial charge in [0.05, 0.1) is 37.7 Å². The summed E-state index contributed by atoms with van der Waals surface area (Å²) in [4.78, 5) is 75.9. The van der Waals surface area contributed by atoms with Gasteiger partial charge in [-0.25, -0.2) is 4.98 Å². The van der Waals surface area contributed by atoms with E-state index in [1.165, 1.54) is 23.5 Å². The number of nitrogens with zero attached hydrogens (tertiary/aromatic N) is 3. The molecule has 2 aromatic carbocycles. The first-order valence-electron chi connectivity index (χ1n) is 16.9. The molecule has 4 rings (SSSR count). The standard InChI is InChI=1S/C37H46N6O7/c1-5-28(21-44)40-35(46)31-18-29(50-23-27-14-10-7-11-15-27)20-43(31)37(48)32(24(2)3)41-36(47)33(42-34(45)30-19-38-16-17-39-30)25(4)49-22-26-12-8-6-9-13-26/h6-17,19,21,24-25,28-29,31-33H,5,18,20,22-23H2,1-4H3,(H,40,46)(H,41,47)(H,42,45)/t25?,28-,29+,31-,32-,33-/m0/s1. The van der Waals surface area contributed by atoms with Gasteiger partial charge in [-0.2, -0.15) is 0 Å². The van der Waals surface area contributed by atoms with Crippen molar-refractivity contribution in [3.63, 3.8) is 0 Å². The maximum absolute atomic E-state index is 14.3. The second-order valence-corrected chi connectivity index (χ2v) is 12.6. The first-order valence-corrected chi connectivity index (χ1v) is 16.9. The third-order valence-electron chi connectivity index (χ3n) is 8.53. The van der Waals surface area contributed by atoms with Crippen LogP contribution in [0.3, 0.4) is 0 Å². The van der Waals surface area contributed by atoms with Crippen molar-refractivity contribution in [2.24, 2.45) is 5.92 Å². The number of hydrogen-bond donors (Lipinski definition) is 3. The van der Waals surface area contributed by atoms with Crippen LogP contribution >= 0.6 is 0 Å². The van der Waals surface area contributed by atoms with E-state index in [0.717, 1.165) is 11.1 Å². The van der Waals surface area contributed by atoms with E-state index in [4.69, 9.17) is 9.47 Å². The number of hydrogen-bond acceptors (Lipinski definition) is 9. The molecule has 0 radical (unpaired) electrons. The number of aldehydes is 1. The number of amides is 4. The van der Waals surface area contributed by atoms with Gasteiger partial charge < -0.3 is 35.1 Å². The van der Waals surface area contributed by atoms with Crippen molar-refractivity contribution in [3.8, 4) is 0 Å². The quantitative estimate of drug-likeness (QED) is 0.181. The molecule has 1 fully saturated rings. The zero-order chi connectivity index (χ0) is 36.0. The SMILES string of the molecule is CC[C@@H](C=O)NC(=O)[C@@H]1C[C@@H](OCc2ccccc2)CN1C(=O)[C@@H](NC(=O)[C@@H](NC(=O)c1cnccn1)C(C)OCc1ccccc1)C(C)C. The Kier molecular flexibility index (Phi) is 14.1. The molecule has 266 valence electrons. The van der Waals surface area contributed by atoms with Crippen LogP contribution in [-0.4, -0.2) is 87.7 Å². The molecule has 0 aliphatic carbocycles. The van der Waals surface area contributed by atoms with Crippen molar-refractivity contribution < 1.29 is 33.4 Å². The van der Waals surface area contributed by atoms with Crippen LogP contribution in [0.2, 0.25) is 0 Å². The Labute approximate surface area is 292 Å². The van der Waals surface area contributed by atoms with Gasteiger partial charge in [0, 0.05) is 25.4 Å². The Balaban J connectivity index is 1.54. The molecule has 6 atom stereocenters. The van der Waals surface area contributed by atoms with E-state index in [-0.39, 0.29) is 31.9 Å². The van der Waals surface area contributed by atoms with Gasteiger partial charge >= 0.3 is 0 Å². The summed E-state index contributed by atoms with van der Waals surface area (Å²) in [5.41, 5.74) is 1.82. The lowest BCUT2D eigenvalue weighted by Gasteiger charge is -2.32. The zero-order valence-electron chi connectivity index (χ0n) is 28.9. The number of ether oxygens (including phenoxy) is 2. The largest absolute Gasteiger partial charge is 0.372 e. The number of carbonyl (C=O) groups is 5. The molecule has 2 heterocycles. The van der Waals surface area contributed by atoms with Gasteiger partial charge in [0.25, 0.3) is 5.91 Å². The molecule has 4 amide bonds. The second-order valence-electron chi connectivity index (χ2n) is 12.6. The Morgan fingerprint density at radius 3 is 2.14 bits per heavy atom. The maximum atomic E-state index is 14.3. The molecule has 0 bridgehead atoms. The van der Waals surface area contributed by atoms with Crippen LogP contribution in [0.4, 0.5) is 0 Å². The minimum atomic E-state index is -1.22. The molecule has 50 heavy (non-hydrogen) atoms. The van der Waals surface area contributed by atoms with Gasteiger partial charge in [0.15, 0.2) is 0 Å². The summed E-state index contributed by atoms with van der Waals surface area (Å²) in [5.74, 6) is -2.67. The lowest BCUT2D eigenvalue weighted by molar-refractivity contribution is -0.143. The summed E-state index contributed by atoms with van der Waals surface area (Å²) in [7, 11) is 0. The number of rotatable bonds is 17. The van der Waals surface area contributed by atoms with E-state index in [2.05, 4.69) is 25.9 Å². The molecule has 1 saturated heterocycles. The predicted octanol–water partition coefficient (Wildman–Crippen LogP) is 2.60. The van der Waals surface area contributed by atoms with Crippen LogP contribution in [0.25, 0.3) is 0 Å². The average Bonchev–Trinajstić information content (AvgIpc) is 3.58. The van der Waals surface area contributed by atoms with Crippen LogP contribution in [0.15, 0.2) is 79.3 Å². The van der Waals surface area contributed by atoms with E-state index < -0.39 is 65.9 Å². The first kappa shape index (κ1) is 37.8. The van der Waals surface area contributed by atoms with Crippen LogP contribution in [0.1, 0.15) is 62.2 Å². The highest BCUT2D eigenvalue weighted by molar-refractivity contribution is 5.98. The third-order valence-corrected chi connectivity index (χ3v) is 8.53. The van der Waals surface area contributed by atoms with Crippen LogP contribution in [-0.2, 0) is 41.9 Å². The molecule has 1 aliphatic rings. The molecule has 3 aromatic rings. The van der Waals surface area contributed by atoms with Crippen molar-refractivity contribution in [2.45, 2.75) is 90.1 Å². The van der Waals surface area contributed by atoms with Gasteiger partial charge in [-0.3, -0.25) is 24.2 Å². The fourth-order valence-corrected chi connectivity index (χ4v) is 5.57. The van der Waals surface area contributed by atoms with Gasteiger partial charge in [-0.15, -0.1) is 0 Å². The summed E-state index contributed by atoms with van der Waals surface area (Å²) in [6.07, 6.45) is 4.04. The lowest BCUT2D eigenvalue weighted by Crippen LogP contribution is -2.60. The van der Waals surface area contributed by atoms with Crippen molar-refractivity contribution >= 4 is 29.9 Å². The summed E-state index contributed by atoms with van der Waals surface area (Å²) >= 11 is 0. The van der Waals surface area contributed by atoms with E-state index in [0.29, 0.717) is 12.7 Å². The van der Waals surface area contributed by atoms with Gasteiger partial charge in [-0.1, -0.05) is 81.4 Å². The van der Waals surface area contributed by atoms with Crippen LogP contribution < -0.4 is 16.0 Å². The van der Waals surface area contributed by atoms with Crippen molar-refractivity contribution in [1.82, 2.24) is 30.8 Å². The molecule has 13 nitrogen and oxygen atoms in total. The Hall–Kier alpha value is -5.01. The molecule has 0 saturated carbocycles. The van der Waals surface area contributed by atoms with Crippen molar-refractivity contribution in [3.05, 3.63) is 96.1 Å². The second kappa shape index (κ2) is 18.7. The normalized spacial score (nSPS) is 18.1. The van der Waals surface area contributed by atoms with E-state index in [1.54, 1.807) is 27.7 Å². The maximum Gasteiger partial charge on any atom is 0.272 e. The number of nitrogens with one attached hydrogen (secondary N) is 3. The zero-order valence-corrected chi connectivity index (χ0v) is 28.9. The summed E-state index contributed by atoms with van der Waals surface area (Å²) in [5, 5.41) is 8.26. The summed E-state index contributed by atoms with van der Waals surface area (Å²) in [6.45, 7) is 7.54. The third kappa shape index (κ3) is 10.5. The fourth-order valence-electron chi connectivity index (χ4n) is 5.57. The number of aromatic nitrogens is 2. The topological polar surface area (TPSA) is 169 Å². The molecule has 1 unspecified atom stereocenters. The molecule has 3 N–H and O–H groups in total. The highest BCUT2D eigenvalue weighted by atomic mass is 16.5. The number of carbonyl (C=O) groups excluding carboxylic acids is 5. The average molecular weight is 687 g/mol. The first-order chi connectivity index (χ1) is 24.1. The lowest BCUT2D eigenvalue weighted by atomic mass is 10.0. The van der Waals surface area contributed by atoms with Gasteiger partial charge in [-0.05, 0) is 30.4 Å². The molecular formula is C37H46N6O7. The van der Waals surface area contributed by atoms with E-state index in [1.807, 2.05) is 60.7 Å². The Morgan fingerprint density at radius 2 is 1.56 bits per heavy atom. The Morgan fingerprint density at radius 1 is 0.900 bits per heavy atom. The highest BCUT2D eigenvalue weighted by Gasteiger charge is 2.44. The monoisotopic (exact) mass is 686 g/mol. The molecule has 1 aromatic heterocycles. The molecule has 13 heteroatoms. The summed E-state index contributed by atoms with van der Waals surface area (Å²) < 4.78 is 12.2. The minimum Gasteiger partial charge on any atom is -0.372 e. The summed E-state index contributed by atoms with van der Waals surface area (Å²) in [6, 6.07) is 15.0. The van der Waals surface area contributed by atoms with E-state index in [9.17, 15) is 24.0 Å². The number of benzene rings is 2. The Bertz CT molecular complexity index is 1560.